The van der Waals surface area contributed by atoms with Crippen LogP contribution in [0.25, 0.3) is 0 Å². The molecule has 0 heterocycles. The fourth-order valence-corrected chi connectivity index (χ4v) is 2.65. The molecule has 0 aliphatic carbocycles. The van der Waals surface area contributed by atoms with E-state index in [0.29, 0.717) is 17.0 Å². The maximum atomic E-state index is 12.3. The number of esters is 1. The third-order valence-corrected chi connectivity index (χ3v) is 3.97. The van der Waals surface area contributed by atoms with Crippen LogP contribution in [0.15, 0.2) is 53.0 Å². The van der Waals surface area contributed by atoms with Gasteiger partial charge in [0, 0.05) is 21.5 Å². The summed E-state index contributed by atoms with van der Waals surface area (Å²) in [6.45, 7) is 0. The molecule has 0 unspecified atom stereocenters. The normalized spacial score (nSPS) is 11.6. The molecule has 120 valence electrons. The van der Waals surface area contributed by atoms with Crippen LogP contribution in [-0.4, -0.2) is 25.0 Å². The number of halogens is 2. The number of nitrogens with one attached hydrogen (secondary N) is 1. The van der Waals surface area contributed by atoms with Gasteiger partial charge in [-0.15, -0.1) is 0 Å². The third kappa shape index (κ3) is 5.08. The van der Waals surface area contributed by atoms with Gasteiger partial charge >= 0.3 is 5.97 Å². The van der Waals surface area contributed by atoms with Crippen molar-refractivity contribution < 1.29 is 14.3 Å². The SMILES string of the molecule is COC(=O)[C@@H](Cc1cccc(Br)c1)NC(=O)c1ccc(Cl)cc1. The van der Waals surface area contributed by atoms with Gasteiger partial charge in [0.05, 0.1) is 7.11 Å². The van der Waals surface area contributed by atoms with E-state index in [1.165, 1.54) is 7.11 Å². The van der Waals surface area contributed by atoms with Crippen LogP contribution in [-0.2, 0) is 16.0 Å². The van der Waals surface area contributed by atoms with E-state index < -0.39 is 12.0 Å². The zero-order valence-corrected chi connectivity index (χ0v) is 14.7. The Hall–Kier alpha value is -1.85. The fourth-order valence-electron chi connectivity index (χ4n) is 2.08. The Morgan fingerprint density at radius 2 is 1.91 bits per heavy atom. The predicted molar refractivity (Wildman–Crippen MR) is 92.6 cm³/mol. The van der Waals surface area contributed by atoms with E-state index in [2.05, 4.69) is 21.2 Å². The van der Waals surface area contributed by atoms with Crippen LogP contribution in [0.4, 0.5) is 0 Å². The van der Waals surface area contributed by atoms with Crippen LogP contribution >= 0.6 is 27.5 Å². The Morgan fingerprint density at radius 1 is 1.22 bits per heavy atom. The molecule has 2 aromatic rings. The fraction of sp³-hybridized carbons (Fsp3) is 0.176. The van der Waals surface area contributed by atoms with Gasteiger partial charge < -0.3 is 10.1 Å². The molecule has 1 amide bonds. The maximum absolute atomic E-state index is 12.3. The van der Waals surface area contributed by atoms with Crippen LogP contribution in [0.3, 0.4) is 0 Å². The molecule has 0 bridgehead atoms. The predicted octanol–water partition coefficient (Wildman–Crippen LogP) is 3.62. The molecule has 0 aromatic heterocycles. The number of rotatable bonds is 5. The highest BCUT2D eigenvalue weighted by Crippen LogP contribution is 2.14. The van der Waals surface area contributed by atoms with Crippen LogP contribution < -0.4 is 5.32 Å². The number of carbonyl (C=O) groups excluding carboxylic acids is 2. The quantitative estimate of drug-likeness (QED) is 0.786. The Morgan fingerprint density at radius 3 is 2.52 bits per heavy atom. The van der Waals surface area contributed by atoms with Crippen molar-refractivity contribution in [3.8, 4) is 0 Å². The topological polar surface area (TPSA) is 55.4 Å². The van der Waals surface area contributed by atoms with Crippen LogP contribution in [0.5, 0.6) is 0 Å². The van der Waals surface area contributed by atoms with Crippen molar-refractivity contribution >= 4 is 39.4 Å². The summed E-state index contributed by atoms with van der Waals surface area (Å²) in [7, 11) is 1.30. The summed E-state index contributed by atoms with van der Waals surface area (Å²) >= 11 is 9.19. The molecule has 0 aliphatic heterocycles. The smallest absolute Gasteiger partial charge is 0.328 e. The van der Waals surface area contributed by atoms with Crippen molar-refractivity contribution in [2.75, 3.05) is 7.11 Å². The molecule has 2 rings (SSSR count). The first-order valence-corrected chi connectivity index (χ1v) is 8.05. The van der Waals surface area contributed by atoms with Gasteiger partial charge in [0.2, 0.25) is 0 Å². The van der Waals surface area contributed by atoms with E-state index in [1.54, 1.807) is 24.3 Å². The molecule has 23 heavy (non-hydrogen) atoms. The lowest BCUT2D eigenvalue weighted by atomic mass is 10.1. The minimum absolute atomic E-state index is 0.339. The highest BCUT2D eigenvalue weighted by atomic mass is 79.9. The van der Waals surface area contributed by atoms with Gasteiger partial charge in [-0.25, -0.2) is 4.79 Å². The lowest BCUT2D eigenvalue weighted by molar-refractivity contribution is -0.142. The Balaban J connectivity index is 2.13. The highest BCUT2D eigenvalue weighted by Gasteiger charge is 2.22. The minimum atomic E-state index is -0.766. The summed E-state index contributed by atoms with van der Waals surface area (Å²) in [6.07, 6.45) is 0.339. The number of hydrogen-bond acceptors (Lipinski definition) is 3. The molecule has 6 heteroatoms. The van der Waals surface area contributed by atoms with Crippen molar-refractivity contribution in [1.29, 1.82) is 0 Å². The number of amides is 1. The molecular formula is C17H15BrClNO3. The first-order chi connectivity index (χ1) is 11.0. The average molecular weight is 397 g/mol. The summed E-state index contributed by atoms with van der Waals surface area (Å²) in [6, 6.07) is 13.2. The molecule has 2 aromatic carbocycles. The van der Waals surface area contributed by atoms with Gasteiger partial charge in [0.15, 0.2) is 0 Å². The lowest BCUT2D eigenvalue weighted by Gasteiger charge is -2.17. The van der Waals surface area contributed by atoms with Crippen molar-refractivity contribution in [2.24, 2.45) is 0 Å². The van der Waals surface area contributed by atoms with Gasteiger partial charge in [0.1, 0.15) is 6.04 Å². The van der Waals surface area contributed by atoms with E-state index in [-0.39, 0.29) is 5.91 Å². The number of benzene rings is 2. The van der Waals surface area contributed by atoms with Crippen molar-refractivity contribution in [3.05, 3.63) is 69.2 Å². The first kappa shape index (κ1) is 17.5. The largest absolute Gasteiger partial charge is 0.467 e. The summed E-state index contributed by atoms with van der Waals surface area (Å²) in [5, 5.41) is 3.24. The zero-order valence-electron chi connectivity index (χ0n) is 12.4. The molecule has 1 atom stereocenters. The molecule has 4 nitrogen and oxygen atoms in total. The summed E-state index contributed by atoms with van der Waals surface area (Å²) in [5.74, 6) is -0.848. The lowest BCUT2D eigenvalue weighted by Crippen LogP contribution is -2.43. The Bertz CT molecular complexity index is 703. The van der Waals surface area contributed by atoms with Gasteiger partial charge in [0.25, 0.3) is 5.91 Å². The van der Waals surface area contributed by atoms with Gasteiger partial charge in [-0.1, -0.05) is 39.7 Å². The highest BCUT2D eigenvalue weighted by molar-refractivity contribution is 9.10. The minimum Gasteiger partial charge on any atom is -0.467 e. The average Bonchev–Trinajstić information content (AvgIpc) is 2.54. The summed E-state index contributed by atoms with van der Waals surface area (Å²) in [5.41, 5.74) is 1.34. The van der Waals surface area contributed by atoms with E-state index in [0.717, 1.165) is 10.0 Å². The molecule has 0 fully saturated rings. The van der Waals surface area contributed by atoms with Crippen LogP contribution in [0, 0.1) is 0 Å². The summed E-state index contributed by atoms with van der Waals surface area (Å²) in [4.78, 5) is 24.2. The number of carbonyl (C=O) groups is 2. The third-order valence-electron chi connectivity index (χ3n) is 3.23. The molecule has 0 saturated heterocycles. The van der Waals surface area contributed by atoms with Crippen molar-refractivity contribution in [1.82, 2.24) is 5.32 Å². The number of methoxy groups -OCH3 is 1. The number of hydrogen-bond donors (Lipinski definition) is 1. The van der Waals surface area contributed by atoms with Crippen molar-refractivity contribution in [3.63, 3.8) is 0 Å². The summed E-state index contributed by atoms with van der Waals surface area (Å²) < 4.78 is 5.69. The van der Waals surface area contributed by atoms with E-state index in [9.17, 15) is 9.59 Å². The van der Waals surface area contributed by atoms with Gasteiger partial charge in [-0.2, -0.15) is 0 Å². The Labute approximate surface area is 147 Å². The van der Waals surface area contributed by atoms with E-state index >= 15 is 0 Å². The second kappa shape index (κ2) is 8.13. The Kier molecular flexibility index (Phi) is 6.19. The van der Waals surface area contributed by atoms with Gasteiger partial charge in [-0.05, 0) is 42.0 Å². The number of ether oxygens (including phenoxy) is 1. The molecular weight excluding hydrogens is 382 g/mol. The molecule has 0 aliphatic rings. The van der Waals surface area contributed by atoms with E-state index in [4.69, 9.17) is 16.3 Å². The van der Waals surface area contributed by atoms with Crippen molar-refractivity contribution in [2.45, 2.75) is 12.5 Å². The standard InChI is InChI=1S/C17H15BrClNO3/c1-23-17(22)15(10-11-3-2-4-13(18)9-11)20-16(21)12-5-7-14(19)8-6-12/h2-9,15H,10H2,1H3,(H,20,21)/t15-/m1/s1. The monoisotopic (exact) mass is 395 g/mol. The second-order valence-electron chi connectivity index (χ2n) is 4.89. The molecule has 0 saturated carbocycles. The first-order valence-electron chi connectivity index (χ1n) is 6.88. The maximum Gasteiger partial charge on any atom is 0.328 e. The van der Waals surface area contributed by atoms with Gasteiger partial charge in [-0.3, -0.25) is 4.79 Å². The van der Waals surface area contributed by atoms with Crippen LogP contribution in [0.2, 0.25) is 5.02 Å². The van der Waals surface area contributed by atoms with Crippen LogP contribution in [0.1, 0.15) is 15.9 Å². The van der Waals surface area contributed by atoms with E-state index in [1.807, 2.05) is 24.3 Å². The molecule has 0 spiro atoms. The molecule has 0 radical (unpaired) electrons. The molecule has 1 N–H and O–H groups in total. The second-order valence-corrected chi connectivity index (χ2v) is 6.24. The zero-order chi connectivity index (χ0) is 16.8.